The van der Waals surface area contributed by atoms with E-state index in [9.17, 15) is 9.90 Å². The van der Waals surface area contributed by atoms with Gasteiger partial charge >= 0.3 is 6.09 Å². The summed E-state index contributed by atoms with van der Waals surface area (Å²) < 4.78 is 5.41. The lowest BCUT2D eigenvalue weighted by molar-refractivity contribution is 0.0144. The van der Waals surface area contributed by atoms with Gasteiger partial charge in [-0.2, -0.15) is 0 Å². The molecular formula is C19H30N4O4. The van der Waals surface area contributed by atoms with E-state index in [4.69, 9.17) is 9.94 Å². The third-order valence-corrected chi connectivity index (χ3v) is 4.32. The van der Waals surface area contributed by atoms with Crippen LogP contribution in [0, 0.1) is 0 Å². The van der Waals surface area contributed by atoms with E-state index >= 15 is 0 Å². The number of aromatic nitrogens is 1. The number of rotatable bonds is 6. The van der Waals surface area contributed by atoms with Gasteiger partial charge in [0, 0.05) is 31.9 Å². The summed E-state index contributed by atoms with van der Waals surface area (Å²) in [6.07, 6.45) is 3.69. The SMILES string of the molecule is CC(C)(C)OC(=O)N1CCN(CCCCc2ccc(O)c(C=NO)n2)CC1. The van der Waals surface area contributed by atoms with Crippen molar-refractivity contribution in [2.45, 2.75) is 45.6 Å². The lowest BCUT2D eigenvalue weighted by atomic mass is 10.1. The summed E-state index contributed by atoms with van der Waals surface area (Å²) >= 11 is 0. The number of ether oxygens (including phenoxy) is 1. The number of oxime groups is 1. The number of unbranched alkanes of at least 4 members (excludes halogenated alkanes) is 1. The first kappa shape index (κ1) is 21.0. The molecule has 1 aliphatic heterocycles. The summed E-state index contributed by atoms with van der Waals surface area (Å²) in [6, 6.07) is 3.35. The minimum atomic E-state index is -0.459. The maximum Gasteiger partial charge on any atom is 0.410 e. The molecule has 2 N–H and O–H groups in total. The Morgan fingerprint density at radius 1 is 1.26 bits per heavy atom. The number of hydrogen-bond acceptors (Lipinski definition) is 7. The van der Waals surface area contributed by atoms with Gasteiger partial charge in [-0.25, -0.2) is 9.78 Å². The van der Waals surface area contributed by atoms with Crippen LogP contribution in [-0.4, -0.2) is 75.7 Å². The summed E-state index contributed by atoms with van der Waals surface area (Å²) in [5.74, 6) is -0.000548. The van der Waals surface area contributed by atoms with Gasteiger partial charge in [0.25, 0.3) is 0 Å². The van der Waals surface area contributed by atoms with E-state index in [-0.39, 0.29) is 17.5 Å². The van der Waals surface area contributed by atoms with E-state index in [0.29, 0.717) is 13.1 Å². The fourth-order valence-corrected chi connectivity index (χ4v) is 2.92. The van der Waals surface area contributed by atoms with Gasteiger partial charge < -0.3 is 20.0 Å². The Balaban J connectivity index is 1.68. The molecule has 0 atom stereocenters. The first-order chi connectivity index (χ1) is 12.8. The van der Waals surface area contributed by atoms with Crippen molar-refractivity contribution < 1.29 is 19.8 Å². The lowest BCUT2D eigenvalue weighted by Gasteiger charge is -2.35. The Labute approximate surface area is 160 Å². The number of amides is 1. The molecule has 2 rings (SSSR count). The molecule has 1 saturated heterocycles. The number of nitrogens with zero attached hydrogens (tertiary/aromatic N) is 4. The quantitative estimate of drug-likeness (QED) is 0.341. The van der Waals surface area contributed by atoms with Crippen LogP contribution in [0.2, 0.25) is 0 Å². The van der Waals surface area contributed by atoms with E-state index in [1.165, 1.54) is 0 Å². The average molecular weight is 378 g/mol. The van der Waals surface area contributed by atoms with Crippen molar-refractivity contribution in [3.05, 3.63) is 23.5 Å². The van der Waals surface area contributed by atoms with E-state index in [0.717, 1.165) is 50.8 Å². The molecule has 8 heteroatoms. The van der Waals surface area contributed by atoms with Gasteiger partial charge in [0.1, 0.15) is 17.0 Å². The highest BCUT2D eigenvalue weighted by atomic mass is 16.6. The summed E-state index contributed by atoms with van der Waals surface area (Å²) in [5, 5.41) is 21.1. The van der Waals surface area contributed by atoms with Gasteiger partial charge in [-0.15, -0.1) is 0 Å². The Hall–Kier alpha value is -2.35. The van der Waals surface area contributed by atoms with Gasteiger partial charge in [-0.3, -0.25) is 4.90 Å². The summed E-state index contributed by atoms with van der Waals surface area (Å²) in [4.78, 5) is 20.5. The smallest absolute Gasteiger partial charge is 0.410 e. The van der Waals surface area contributed by atoms with Gasteiger partial charge in [0.05, 0.1) is 6.21 Å². The predicted molar refractivity (Wildman–Crippen MR) is 102 cm³/mol. The second-order valence-electron chi connectivity index (χ2n) is 7.72. The van der Waals surface area contributed by atoms with Crippen molar-refractivity contribution in [2.75, 3.05) is 32.7 Å². The van der Waals surface area contributed by atoms with Crippen molar-refractivity contribution >= 4 is 12.3 Å². The molecule has 1 amide bonds. The first-order valence-electron chi connectivity index (χ1n) is 9.35. The first-order valence-corrected chi connectivity index (χ1v) is 9.35. The zero-order valence-electron chi connectivity index (χ0n) is 16.4. The van der Waals surface area contributed by atoms with E-state index in [1.54, 1.807) is 17.0 Å². The predicted octanol–water partition coefficient (Wildman–Crippen LogP) is 2.47. The van der Waals surface area contributed by atoms with Crippen LogP contribution in [0.1, 0.15) is 45.0 Å². The fraction of sp³-hybridized carbons (Fsp3) is 0.632. The zero-order valence-corrected chi connectivity index (χ0v) is 16.4. The number of hydrogen-bond donors (Lipinski definition) is 2. The number of aryl methyl sites for hydroxylation is 1. The standard InChI is InChI=1S/C19H30N4O4/c1-19(2,3)27-18(25)23-12-10-22(11-13-23)9-5-4-6-15-7-8-17(24)16(21-15)14-20-26/h7-8,14,24,26H,4-6,9-13H2,1-3H3. The maximum absolute atomic E-state index is 12.1. The van der Waals surface area contributed by atoms with Gasteiger partial charge in [0.2, 0.25) is 0 Å². The largest absolute Gasteiger partial charge is 0.506 e. The third-order valence-electron chi connectivity index (χ3n) is 4.32. The van der Waals surface area contributed by atoms with E-state index < -0.39 is 5.60 Å². The molecular weight excluding hydrogens is 348 g/mol. The number of aromatic hydroxyl groups is 1. The molecule has 1 aliphatic rings. The molecule has 0 aromatic carbocycles. The summed E-state index contributed by atoms with van der Waals surface area (Å²) in [6.45, 7) is 9.71. The Morgan fingerprint density at radius 3 is 2.59 bits per heavy atom. The number of pyridine rings is 1. The molecule has 0 spiro atoms. The summed E-state index contributed by atoms with van der Waals surface area (Å²) in [7, 11) is 0. The molecule has 150 valence electrons. The summed E-state index contributed by atoms with van der Waals surface area (Å²) in [5.41, 5.74) is 0.671. The molecule has 0 bridgehead atoms. The molecule has 2 heterocycles. The van der Waals surface area contributed by atoms with Crippen molar-refractivity contribution in [3.63, 3.8) is 0 Å². The topological polar surface area (TPSA) is 98.5 Å². The van der Waals surface area contributed by atoms with Gasteiger partial charge in [0.15, 0.2) is 0 Å². The second-order valence-corrected chi connectivity index (χ2v) is 7.72. The third kappa shape index (κ3) is 7.05. The van der Waals surface area contributed by atoms with Crippen LogP contribution >= 0.6 is 0 Å². The molecule has 1 aromatic rings. The zero-order chi connectivity index (χ0) is 19.9. The normalized spacial score (nSPS) is 16.0. The minimum Gasteiger partial charge on any atom is -0.506 e. The molecule has 0 unspecified atom stereocenters. The minimum absolute atomic E-state index is 0.000548. The second kappa shape index (κ2) is 9.55. The Bertz CT molecular complexity index is 650. The number of carbonyl (C=O) groups is 1. The highest BCUT2D eigenvalue weighted by Gasteiger charge is 2.25. The van der Waals surface area contributed by atoms with Crippen molar-refractivity contribution in [1.82, 2.24) is 14.8 Å². The highest BCUT2D eigenvalue weighted by molar-refractivity contribution is 5.80. The van der Waals surface area contributed by atoms with Crippen LogP contribution in [0.3, 0.4) is 0 Å². The van der Waals surface area contributed by atoms with Crippen LogP contribution in [0.5, 0.6) is 5.75 Å². The average Bonchev–Trinajstić information content (AvgIpc) is 2.60. The van der Waals surface area contributed by atoms with Crippen molar-refractivity contribution in [2.24, 2.45) is 5.16 Å². The monoisotopic (exact) mass is 378 g/mol. The molecule has 0 radical (unpaired) electrons. The molecule has 8 nitrogen and oxygen atoms in total. The van der Waals surface area contributed by atoms with Crippen LogP contribution in [0.4, 0.5) is 4.79 Å². The lowest BCUT2D eigenvalue weighted by Crippen LogP contribution is -2.50. The van der Waals surface area contributed by atoms with Crippen LogP contribution in [-0.2, 0) is 11.2 Å². The molecule has 27 heavy (non-hydrogen) atoms. The number of carbonyl (C=O) groups excluding carboxylic acids is 1. The van der Waals surface area contributed by atoms with E-state index in [1.807, 2.05) is 20.8 Å². The van der Waals surface area contributed by atoms with Crippen LogP contribution in [0.15, 0.2) is 17.3 Å². The maximum atomic E-state index is 12.1. The fourth-order valence-electron chi connectivity index (χ4n) is 2.92. The molecule has 0 saturated carbocycles. The van der Waals surface area contributed by atoms with Crippen molar-refractivity contribution in [3.8, 4) is 5.75 Å². The van der Waals surface area contributed by atoms with Crippen molar-refractivity contribution in [1.29, 1.82) is 0 Å². The Kier molecular flexibility index (Phi) is 7.41. The van der Waals surface area contributed by atoms with Crippen LogP contribution in [0.25, 0.3) is 0 Å². The van der Waals surface area contributed by atoms with Gasteiger partial charge in [-0.1, -0.05) is 5.16 Å². The highest BCUT2D eigenvalue weighted by Crippen LogP contribution is 2.15. The Morgan fingerprint density at radius 2 is 1.96 bits per heavy atom. The number of piperazine rings is 1. The van der Waals surface area contributed by atoms with Crippen LogP contribution < -0.4 is 0 Å². The van der Waals surface area contributed by atoms with E-state index in [2.05, 4.69) is 15.0 Å². The molecule has 1 fully saturated rings. The van der Waals surface area contributed by atoms with Gasteiger partial charge in [-0.05, 0) is 58.7 Å². The molecule has 1 aromatic heterocycles. The molecule has 0 aliphatic carbocycles.